The van der Waals surface area contributed by atoms with Gasteiger partial charge in [-0.15, -0.1) is 0 Å². The Morgan fingerprint density at radius 3 is 2.47 bits per heavy atom. The van der Waals surface area contributed by atoms with Gasteiger partial charge in [0.05, 0.1) is 0 Å². The van der Waals surface area contributed by atoms with E-state index in [1.807, 2.05) is 11.9 Å². The maximum atomic E-state index is 12.1. The molecule has 0 atom stereocenters. The van der Waals surface area contributed by atoms with Crippen LogP contribution in [0.15, 0.2) is 0 Å². The maximum absolute atomic E-state index is 12.1. The van der Waals surface area contributed by atoms with Crippen molar-refractivity contribution in [1.82, 2.24) is 10.2 Å². The normalized spacial score (nSPS) is 23.5. The van der Waals surface area contributed by atoms with E-state index in [4.69, 9.17) is 0 Å². The minimum atomic E-state index is 0.288. The first-order chi connectivity index (χ1) is 7.27. The highest BCUT2D eigenvalue weighted by Gasteiger charge is 2.26. The first-order valence-corrected chi connectivity index (χ1v) is 6.23. The fraction of sp³-hybridized carbons (Fsp3) is 0.917. The molecule has 1 aliphatic carbocycles. The van der Waals surface area contributed by atoms with Crippen molar-refractivity contribution < 1.29 is 4.79 Å². The molecule has 1 heterocycles. The van der Waals surface area contributed by atoms with Gasteiger partial charge in [-0.1, -0.05) is 6.42 Å². The molecular formula is C12H22N2O. The molecule has 0 aromatic rings. The van der Waals surface area contributed by atoms with Crippen molar-refractivity contribution in [1.29, 1.82) is 0 Å². The summed E-state index contributed by atoms with van der Waals surface area (Å²) in [6.07, 6.45) is 6.05. The summed E-state index contributed by atoms with van der Waals surface area (Å²) in [5.74, 6) is 1.46. The van der Waals surface area contributed by atoms with Crippen LogP contribution in [0, 0.1) is 11.8 Å². The third-order valence-electron chi connectivity index (χ3n) is 3.82. The van der Waals surface area contributed by atoms with Crippen molar-refractivity contribution in [2.75, 3.05) is 26.7 Å². The lowest BCUT2D eigenvalue weighted by molar-refractivity contribution is -0.135. The summed E-state index contributed by atoms with van der Waals surface area (Å²) in [4.78, 5) is 14.0. The third kappa shape index (κ3) is 2.71. The molecule has 1 amide bonds. The van der Waals surface area contributed by atoms with E-state index in [1.165, 1.54) is 19.3 Å². The molecule has 3 heteroatoms. The van der Waals surface area contributed by atoms with E-state index < -0.39 is 0 Å². The molecule has 86 valence electrons. The summed E-state index contributed by atoms with van der Waals surface area (Å²) in [5.41, 5.74) is 0. The van der Waals surface area contributed by atoms with Crippen molar-refractivity contribution >= 4 is 5.91 Å². The average Bonchev–Trinajstić information content (AvgIpc) is 2.23. The van der Waals surface area contributed by atoms with E-state index in [9.17, 15) is 4.79 Å². The molecule has 2 fully saturated rings. The molecule has 3 nitrogen and oxygen atoms in total. The van der Waals surface area contributed by atoms with Crippen LogP contribution in [0.3, 0.4) is 0 Å². The average molecular weight is 210 g/mol. The Bertz CT molecular complexity index is 220. The first kappa shape index (κ1) is 10.9. The summed E-state index contributed by atoms with van der Waals surface area (Å²) in [6.45, 7) is 3.00. The summed E-state index contributed by atoms with van der Waals surface area (Å²) < 4.78 is 0. The van der Waals surface area contributed by atoms with E-state index in [2.05, 4.69) is 5.32 Å². The summed E-state index contributed by atoms with van der Waals surface area (Å²) in [5, 5.41) is 3.30. The maximum Gasteiger partial charge on any atom is 0.225 e. The largest absolute Gasteiger partial charge is 0.345 e. The molecule has 1 N–H and O–H groups in total. The molecule has 15 heavy (non-hydrogen) atoms. The topological polar surface area (TPSA) is 32.3 Å². The van der Waals surface area contributed by atoms with Gasteiger partial charge in [0.2, 0.25) is 5.91 Å². The smallest absolute Gasteiger partial charge is 0.225 e. The van der Waals surface area contributed by atoms with Crippen LogP contribution in [0.1, 0.15) is 32.1 Å². The number of hydrogen-bond donors (Lipinski definition) is 1. The molecule has 1 saturated carbocycles. The van der Waals surface area contributed by atoms with Crippen LogP contribution in [0.2, 0.25) is 0 Å². The van der Waals surface area contributed by atoms with Crippen LogP contribution in [0.25, 0.3) is 0 Å². The number of carbonyl (C=O) groups is 1. The molecule has 0 bridgehead atoms. The van der Waals surface area contributed by atoms with Crippen LogP contribution in [0.4, 0.5) is 0 Å². The van der Waals surface area contributed by atoms with Crippen LogP contribution in [-0.2, 0) is 4.79 Å². The second-order valence-corrected chi connectivity index (χ2v) is 5.04. The Morgan fingerprint density at radius 2 is 1.93 bits per heavy atom. The molecule has 0 unspecified atom stereocenters. The standard InChI is InChI=1S/C12H22N2O/c1-14(9-10-3-2-4-10)12(15)11-5-7-13-8-6-11/h10-11,13H,2-9H2,1H3. The Morgan fingerprint density at radius 1 is 1.27 bits per heavy atom. The minimum absolute atomic E-state index is 0.288. The lowest BCUT2D eigenvalue weighted by atomic mass is 9.85. The van der Waals surface area contributed by atoms with Gasteiger partial charge in [0.15, 0.2) is 0 Å². The van der Waals surface area contributed by atoms with E-state index in [1.54, 1.807) is 0 Å². The van der Waals surface area contributed by atoms with Gasteiger partial charge < -0.3 is 10.2 Å². The van der Waals surface area contributed by atoms with Crippen LogP contribution >= 0.6 is 0 Å². The fourth-order valence-electron chi connectivity index (χ4n) is 2.53. The third-order valence-corrected chi connectivity index (χ3v) is 3.82. The van der Waals surface area contributed by atoms with Crippen molar-refractivity contribution in [3.63, 3.8) is 0 Å². The first-order valence-electron chi connectivity index (χ1n) is 6.23. The number of amides is 1. The second kappa shape index (κ2) is 4.97. The van der Waals surface area contributed by atoms with Crippen molar-refractivity contribution in [3.8, 4) is 0 Å². The zero-order chi connectivity index (χ0) is 10.7. The molecule has 1 aliphatic heterocycles. The van der Waals surface area contributed by atoms with Gasteiger partial charge in [-0.3, -0.25) is 4.79 Å². The summed E-state index contributed by atoms with van der Waals surface area (Å²) in [7, 11) is 1.97. The highest BCUT2D eigenvalue weighted by molar-refractivity contribution is 5.78. The number of piperidine rings is 1. The molecule has 0 aromatic heterocycles. The highest BCUT2D eigenvalue weighted by atomic mass is 16.2. The number of carbonyl (C=O) groups excluding carboxylic acids is 1. The lowest BCUT2D eigenvalue weighted by Crippen LogP contribution is -2.41. The van der Waals surface area contributed by atoms with Gasteiger partial charge in [-0.05, 0) is 44.7 Å². The monoisotopic (exact) mass is 210 g/mol. The number of nitrogens with zero attached hydrogens (tertiary/aromatic N) is 1. The lowest BCUT2D eigenvalue weighted by Gasteiger charge is -2.33. The quantitative estimate of drug-likeness (QED) is 0.760. The Hall–Kier alpha value is -0.570. The van der Waals surface area contributed by atoms with Crippen LogP contribution < -0.4 is 5.32 Å². The predicted octanol–water partition coefficient (Wildman–Crippen LogP) is 1.24. The molecule has 2 aliphatic rings. The number of nitrogens with one attached hydrogen (secondary N) is 1. The summed E-state index contributed by atoms with van der Waals surface area (Å²) in [6, 6.07) is 0. The van der Waals surface area contributed by atoms with E-state index in [0.29, 0.717) is 5.91 Å². The van der Waals surface area contributed by atoms with E-state index >= 15 is 0 Å². The highest BCUT2D eigenvalue weighted by Crippen LogP contribution is 2.27. The minimum Gasteiger partial charge on any atom is -0.345 e. The van der Waals surface area contributed by atoms with Gasteiger partial charge >= 0.3 is 0 Å². The van der Waals surface area contributed by atoms with Gasteiger partial charge in [0, 0.05) is 19.5 Å². The zero-order valence-corrected chi connectivity index (χ0v) is 9.67. The molecular weight excluding hydrogens is 188 g/mol. The Balaban J connectivity index is 1.77. The van der Waals surface area contributed by atoms with Gasteiger partial charge in [-0.2, -0.15) is 0 Å². The van der Waals surface area contributed by atoms with E-state index in [-0.39, 0.29) is 5.92 Å². The van der Waals surface area contributed by atoms with Crippen molar-refractivity contribution in [2.24, 2.45) is 11.8 Å². The Labute approximate surface area is 92.2 Å². The zero-order valence-electron chi connectivity index (χ0n) is 9.67. The second-order valence-electron chi connectivity index (χ2n) is 5.04. The molecule has 0 spiro atoms. The van der Waals surface area contributed by atoms with Gasteiger partial charge in [0.1, 0.15) is 0 Å². The Kier molecular flexibility index (Phi) is 3.62. The van der Waals surface area contributed by atoms with Gasteiger partial charge in [-0.25, -0.2) is 0 Å². The van der Waals surface area contributed by atoms with Crippen LogP contribution in [-0.4, -0.2) is 37.5 Å². The molecule has 0 aromatic carbocycles. The van der Waals surface area contributed by atoms with E-state index in [0.717, 1.165) is 38.4 Å². The SMILES string of the molecule is CN(CC1CCC1)C(=O)C1CCNCC1. The number of hydrogen-bond acceptors (Lipinski definition) is 2. The molecule has 1 saturated heterocycles. The van der Waals surface area contributed by atoms with Crippen molar-refractivity contribution in [3.05, 3.63) is 0 Å². The molecule has 2 rings (SSSR count). The number of rotatable bonds is 3. The van der Waals surface area contributed by atoms with Crippen molar-refractivity contribution in [2.45, 2.75) is 32.1 Å². The molecule has 0 radical (unpaired) electrons. The fourth-order valence-corrected chi connectivity index (χ4v) is 2.53. The summed E-state index contributed by atoms with van der Waals surface area (Å²) >= 11 is 0. The van der Waals surface area contributed by atoms with Gasteiger partial charge in [0.25, 0.3) is 0 Å². The predicted molar refractivity (Wildman–Crippen MR) is 60.6 cm³/mol. The van der Waals surface area contributed by atoms with Crippen LogP contribution in [0.5, 0.6) is 0 Å².